The molecule has 9 nitrogen and oxygen atoms in total. The van der Waals surface area contributed by atoms with Crippen molar-refractivity contribution in [2.45, 2.75) is 57.7 Å². The lowest BCUT2D eigenvalue weighted by Crippen LogP contribution is -2.52. The number of fused-ring (bicyclic) bond motifs is 1. The quantitative estimate of drug-likeness (QED) is 0.364. The number of hydrogen-bond donors (Lipinski definition) is 3. The summed E-state index contributed by atoms with van der Waals surface area (Å²) in [4.78, 5) is 45.0. The van der Waals surface area contributed by atoms with Crippen LogP contribution in [0.1, 0.15) is 60.3 Å². The number of rotatable bonds is 11. The number of imidazole rings is 1. The molecule has 0 saturated carbocycles. The second-order valence-corrected chi connectivity index (χ2v) is 8.19. The number of benzene rings is 1. The molecule has 1 aromatic carbocycles. The lowest BCUT2D eigenvalue weighted by Gasteiger charge is -2.29. The molecule has 3 amide bonds. The van der Waals surface area contributed by atoms with Gasteiger partial charge in [-0.05, 0) is 49.6 Å². The molecule has 2 aliphatic rings. The Morgan fingerprint density at radius 2 is 2.03 bits per heavy atom. The minimum Gasteiger partial charge on any atom is -0.494 e. The molecule has 0 bridgehead atoms. The molecule has 0 aliphatic carbocycles. The topological polar surface area (TPSA) is 116 Å². The maximum absolute atomic E-state index is 12.7. The second kappa shape index (κ2) is 10.4. The minimum atomic E-state index is -0.592. The Bertz CT molecular complexity index is 959. The van der Waals surface area contributed by atoms with Crippen LogP contribution in [0, 0.1) is 0 Å². The normalized spacial score (nSPS) is 18.1. The second-order valence-electron chi connectivity index (χ2n) is 8.19. The molecule has 1 unspecified atom stereocenters. The van der Waals surface area contributed by atoms with E-state index in [1.807, 2.05) is 18.3 Å². The predicted molar refractivity (Wildman–Crippen MR) is 117 cm³/mol. The SMILES string of the molecule is O=C1CCC(N2Cc3cc(OCCCCCCNCc4ncc[nH]4)ccc3C2=O)C(=O)N1. The number of carbonyl (C=O) groups excluding carboxylic acids is 3. The van der Waals surface area contributed by atoms with Crippen LogP contribution in [-0.4, -0.2) is 51.8 Å². The molecule has 32 heavy (non-hydrogen) atoms. The number of nitrogens with one attached hydrogen (secondary N) is 3. The van der Waals surface area contributed by atoms with Gasteiger partial charge in [-0.1, -0.05) is 12.8 Å². The van der Waals surface area contributed by atoms with Gasteiger partial charge in [0.05, 0.1) is 13.2 Å². The van der Waals surface area contributed by atoms with Crippen molar-refractivity contribution in [1.29, 1.82) is 0 Å². The average molecular weight is 440 g/mol. The molecule has 2 aliphatic heterocycles. The van der Waals surface area contributed by atoms with Gasteiger partial charge in [-0.25, -0.2) is 4.98 Å². The van der Waals surface area contributed by atoms with Crippen LogP contribution < -0.4 is 15.4 Å². The molecule has 170 valence electrons. The van der Waals surface area contributed by atoms with E-state index in [-0.39, 0.29) is 18.2 Å². The third-order valence-electron chi connectivity index (χ3n) is 5.86. The van der Waals surface area contributed by atoms with Crippen LogP contribution in [0.5, 0.6) is 5.75 Å². The van der Waals surface area contributed by atoms with E-state index in [2.05, 4.69) is 20.6 Å². The van der Waals surface area contributed by atoms with Gasteiger partial charge in [0.15, 0.2) is 0 Å². The predicted octanol–water partition coefficient (Wildman–Crippen LogP) is 1.90. The molecule has 0 radical (unpaired) electrons. The summed E-state index contributed by atoms with van der Waals surface area (Å²) in [5, 5.41) is 5.69. The fourth-order valence-corrected chi connectivity index (χ4v) is 4.14. The van der Waals surface area contributed by atoms with E-state index in [1.54, 1.807) is 17.2 Å². The largest absolute Gasteiger partial charge is 0.494 e. The Morgan fingerprint density at radius 3 is 2.84 bits per heavy atom. The van der Waals surface area contributed by atoms with Crippen molar-refractivity contribution in [3.63, 3.8) is 0 Å². The number of carbonyl (C=O) groups is 3. The number of piperidine rings is 1. The average Bonchev–Trinajstić information content (AvgIpc) is 3.40. The number of nitrogens with zero attached hydrogens (tertiary/aromatic N) is 2. The molecule has 4 rings (SSSR count). The zero-order valence-corrected chi connectivity index (χ0v) is 18.1. The van der Waals surface area contributed by atoms with Crippen molar-refractivity contribution in [2.75, 3.05) is 13.2 Å². The molecule has 9 heteroatoms. The highest BCUT2D eigenvalue weighted by molar-refractivity contribution is 6.05. The number of H-pyrrole nitrogens is 1. The van der Waals surface area contributed by atoms with Crippen LogP contribution in [0.3, 0.4) is 0 Å². The third kappa shape index (κ3) is 5.34. The van der Waals surface area contributed by atoms with Gasteiger partial charge in [0.25, 0.3) is 5.91 Å². The molecule has 1 saturated heterocycles. The standard InChI is InChI=1S/C23H29N5O4/c29-21-8-7-19(22(30)27-21)28-15-16-13-17(5-6-18(16)23(28)31)32-12-4-2-1-3-9-24-14-20-25-10-11-26-20/h5-6,10-11,13,19,24H,1-4,7-9,12,14-15H2,(H,25,26)(H,27,29,30). The van der Waals surface area contributed by atoms with Crippen LogP contribution in [0.25, 0.3) is 0 Å². The molecular formula is C23H29N5O4. The lowest BCUT2D eigenvalue weighted by atomic mass is 10.0. The van der Waals surface area contributed by atoms with Crippen LogP contribution in [0.2, 0.25) is 0 Å². The number of ether oxygens (including phenoxy) is 1. The van der Waals surface area contributed by atoms with Crippen LogP contribution >= 0.6 is 0 Å². The van der Waals surface area contributed by atoms with E-state index < -0.39 is 11.9 Å². The van der Waals surface area contributed by atoms with Crippen molar-refractivity contribution in [3.05, 3.63) is 47.5 Å². The van der Waals surface area contributed by atoms with Gasteiger partial charge in [0.2, 0.25) is 11.8 Å². The van der Waals surface area contributed by atoms with Gasteiger partial charge in [-0.15, -0.1) is 0 Å². The van der Waals surface area contributed by atoms with E-state index in [4.69, 9.17) is 4.74 Å². The van der Waals surface area contributed by atoms with Crippen molar-refractivity contribution in [1.82, 2.24) is 25.5 Å². The Morgan fingerprint density at radius 1 is 1.16 bits per heavy atom. The van der Waals surface area contributed by atoms with Crippen molar-refractivity contribution >= 4 is 17.7 Å². The van der Waals surface area contributed by atoms with Crippen molar-refractivity contribution < 1.29 is 19.1 Å². The third-order valence-corrected chi connectivity index (χ3v) is 5.86. The van der Waals surface area contributed by atoms with Gasteiger partial charge in [0, 0.05) is 30.9 Å². The summed E-state index contributed by atoms with van der Waals surface area (Å²) in [6.45, 7) is 2.72. The fraction of sp³-hybridized carbons (Fsp3) is 0.478. The lowest BCUT2D eigenvalue weighted by molar-refractivity contribution is -0.136. The highest BCUT2D eigenvalue weighted by atomic mass is 16.5. The maximum Gasteiger partial charge on any atom is 0.255 e. The first-order chi connectivity index (χ1) is 15.6. The number of aromatic nitrogens is 2. The highest BCUT2D eigenvalue weighted by Gasteiger charge is 2.39. The van der Waals surface area contributed by atoms with Gasteiger partial charge >= 0.3 is 0 Å². The Labute approximate surface area is 186 Å². The van der Waals surface area contributed by atoms with E-state index in [9.17, 15) is 14.4 Å². The summed E-state index contributed by atoms with van der Waals surface area (Å²) < 4.78 is 5.88. The summed E-state index contributed by atoms with van der Waals surface area (Å²) in [6, 6.07) is 4.87. The maximum atomic E-state index is 12.7. The van der Waals surface area contributed by atoms with Crippen molar-refractivity contribution in [2.24, 2.45) is 0 Å². The number of hydrogen-bond acceptors (Lipinski definition) is 6. The number of imide groups is 1. The number of amides is 3. The Kier molecular flexibility index (Phi) is 7.16. The van der Waals surface area contributed by atoms with Gasteiger partial charge in [0.1, 0.15) is 17.6 Å². The first kappa shape index (κ1) is 22.0. The van der Waals surface area contributed by atoms with Gasteiger partial charge < -0.3 is 19.9 Å². The van der Waals surface area contributed by atoms with E-state index >= 15 is 0 Å². The summed E-state index contributed by atoms with van der Waals surface area (Å²) in [5.41, 5.74) is 1.46. The smallest absolute Gasteiger partial charge is 0.255 e. The molecule has 1 aromatic heterocycles. The highest BCUT2D eigenvalue weighted by Crippen LogP contribution is 2.30. The minimum absolute atomic E-state index is 0.165. The molecule has 2 aromatic rings. The van der Waals surface area contributed by atoms with Crippen LogP contribution in [-0.2, 0) is 22.7 Å². The first-order valence-corrected chi connectivity index (χ1v) is 11.2. The van der Waals surface area contributed by atoms with Crippen LogP contribution in [0.15, 0.2) is 30.6 Å². The summed E-state index contributed by atoms with van der Waals surface area (Å²) >= 11 is 0. The zero-order valence-electron chi connectivity index (χ0n) is 18.1. The molecule has 1 fully saturated rings. The summed E-state index contributed by atoms with van der Waals surface area (Å²) in [6.07, 6.45) is 8.50. The summed E-state index contributed by atoms with van der Waals surface area (Å²) in [5.74, 6) is 0.851. The van der Waals surface area contributed by atoms with E-state index in [1.165, 1.54) is 0 Å². The first-order valence-electron chi connectivity index (χ1n) is 11.2. The van der Waals surface area contributed by atoms with Gasteiger partial charge in [-0.3, -0.25) is 19.7 Å². The monoisotopic (exact) mass is 439 g/mol. The molecule has 3 heterocycles. The number of unbranched alkanes of at least 4 members (excludes halogenated alkanes) is 3. The molecule has 1 atom stereocenters. The zero-order chi connectivity index (χ0) is 22.3. The fourth-order valence-electron chi connectivity index (χ4n) is 4.14. The van der Waals surface area contributed by atoms with E-state index in [0.29, 0.717) is 25.1 Å². The molecular weight excluding hydrogens is 410 g/mol. The molecule has 0 spiro atoms. The summed E-state index contributed by atoms with van der Waals surface area (Å²) in [7, 11) is 0. The van der Waals surface area contributed by atoms with E-state index in [0.717, 1.165) is 55.9 Å². The Balaban J connectivity index is 1.15. The van der Waals surface area contributed by atoms with Gasteiger partial charge in [-0.2, -0.15) is 0 Å². The van der Waals surface area contributed by atoms with Crippen LogP contribution in [0.4, 0.5) is 0 Å². The van der Waals surface area contributed by atoms with Crippen molar-refractivity contribution in [3.8, 4) is 5.75 Å². The Hall–Kier alpha value is -3.20. The molecule has 3 N–H and O–H groups in total. The number of aromatic amines is 1.